The summed E-state index contributed by atoms with van der Waals surface area (Å²) in [6, 6.07) is 7.79. The number of nitrogens with one attached hydrogen (secondary N) is 1. The maximum atomic E-state index is 12.3. The van der Waals surface area contributed by atoms with Crippen molar-refractivity contribution in [1.29, 1.82) is 0 Å². The van der Waals surface area contributed by atoms with Crippen LogP contribution in [0.1, 0.15) is 18.5 Å². The van der Waals surface area contributed by atoms with E-state index in [0.29, 0.717) is 17.0 Å². The van der Waals surface area contributed by atoms with E-state index >= 15 is 0 Å². The summed E-state index contributed by atoms with van der Waals surface area (Å²) in [6.45, 7) is 1.34. The van der Waals surface area contributed by atoms with Crippen molar-refractivity contribution in [3.63, 3.8) is 0 Å². The normalized spacial score (nSPS) is 12.6. The minimum atomic E-state index is -4.77. The molecule has 0 saturated carbocycles. The van der Waals surface area contributed by atoms with Gasteiger partial charge < -0.3 is 14.8 Å². The number of halogens is 3. The molecular weight excluding hydrogens is 393 g/mol. The molecule has 0 aliphatic heterocycles. The molecule has 2 heterocycles. The molecule has 0 unspecified atom stereocenters. The number of carbonyl (C=O) groups excluding carboxylic acids is 1. The molecule has 1 aromatic carbocycles. The number of pyridine rings is 1. The molecule has 0 spiro atoms. The monoisotopic (exact) mass is 410 g/mol. The van der Waals surface area contributed by atoms with Crippen LogP contribution in [0.2, 0.25) is 0 Å². The van der Waals surface area contributed by atoms with Gasteiger partial charge in [-0.15, -0.1) is 18.3 Å². The van der Waals surface area contributed by atoms with E-state index in [-0.39, 0.29) is 12.3 Å². The fourth-order valence-electron chi connectivity index (χ4n) is 2.69. The highest BCUT2D eigenvalue weighted by Gasteiger charge is 2.31. The lowest BCUT2D eigenvalue weighted by molar-refractivity contribution is -0.274. The van der Waals surface area contributed by atoms with Crippen LogP contribution < -0.4 is 20.5 Å². The summed E-state index contributed by atoms with van der Waals surface area (Å²) in [4.78, 5) is 24.6. The number of benzene rings is 1. The third-order valence-electron chi connectivity index (χ3n) is 4.08. The van der Waals surface area contributed by atoms with Crippen molar-refractivity contribution in [2.45, 2.75) is 25.9 Å². The first-order valence-electron chi connectivity index (χ1n) is 8.44. The third kappa shape index (κ3) is 4.86. The molecule has 1 atom stereocenters. The molecule has 0 aliphatic rings. The maximum Gasteiger partial charge on any atom is 0.573 e. The van der Waals surface area contributed by atoms with Gasteiger partial charge in [-0.3, -0.25) is 9.20 Å². The summed E-state index contributed by atoms with van der Waals surface area (Å²) in [5.41, 5.74) is 0.412. The fraction of sp³-hybridized carbons (Fsp3) is 0.278. The number of alkyl halides is 3. The average molecular weight is 410 g/mol. The first-order chi connectivity index (χ1) is 13.7. The van der Waals surface area contributed by atoms with Gasteiger partial charge in [0.05, 0.1) is 13.2 Å². The highest BCUT2D eigenvalue weighted by Crippen LogP contribution is 2.24. The zero-order chi connectivity index (χ0) is 21.2. The van der Waals surface area contributed by atoms with Gasteiger partial charge in [-0.05, 0) is 30.7 Å². The lowest BCUT2D eigenvalue weighted by atomic mass is 10.1. The molecule has 0 saturated heterocycles. The summed E-state index contributed by atoms with van der Waals surface area (Å²) in [6.07, 6.45) is -3.28. The minimum absolute atomic E-state index is 0.317. The predicted octanol–water partition coefficient (Wildman–Crippen LogP) is 2.28. The zero-order valence-electron chi connectivity index (χ0n) is 15.4. The Labute approximate surface area is 162 Å². The van der Waals surface area contributed by atoms with Gasteiger partial charge in [0.15, 0.2) is 5.65 Å². The summed E-state index contributed by atoms with van der Waals surface area (Å²) < 4.78 is 47.8. The Kier molecular flexibility index (Phi) is 5.48. The molecule has 1 amide bonds. The van der Waals surface area contributed by atoms with Crippen LogP contribution in [-0.2, 0) is 11.3 Å². The zero-order valence-corrected chi connectivity index (χ0v) is 15.4. The van der Waals surface area contributed by atoms with Crippen molar-refractivity contribution in [3.8, 4) is 11.5 Å². The topological polar surface area (TPSA) is 86.9 Å². The van der Waals surface area contributed by atoms with E-state index in [4.69, 9.17) is 4.74 Å². The Hall–Kier alpha value is -3.50. The molecule has 0 radical (unpaired) electrons. The number of ether oxygens (including phenoxy) is 2. The number of fused-ring (bicyclic) bond motifs is 1. The molecule has 0 fully saturated rings. The molecule has 1 N–H and O–H groups in total. The molecule has 29 heavy (non-hydrogen) atoms. The minimum Gasteiger partial charge on any atom is -0.497 e. The van der Waals surface area contributed by atoms with E-state index in [1.165, 1.54) is 29.8 Å². The number of carbonyl (C=O) groups is 1. The van der Waals surface area contributed by atoms with E-state index < -0.39 is 24.0 Å². The smallest absolute Gasteiger partial charge is 0.497 e. The summed E-state index contributed by atoms with van der Waals surface area (Å²) >= 11 is 0. The van der Waals surface area contributed by atoms with Gasteiger partial charge in [0, 0.05) is 12.3 Å². The predicted molar refractivity (Wildman–Crippen MR) is 95.7 cm³/mol. The van der Waals surface area contributed by atoms with Gasteiger partial charge in [0.25, 0.3) is 0 Å². The highest BCUT2D eigenvalue weighted by atomic mass is 19.4. The number of methoxy groups -OCH3 is 1. The Bertz CT molecular complexity index is 1070. The molecular formula is C18H17F3N4O4. The maximum absolute atomic E-state index is 12.3. The van der Waals surface area contributed by atoms with Crippen LogP contribution >= 0.6 is 0 Å². The third-order valence-corrected chi connectivity index (χ3v) is 4.08. The number of hydrogen-bond donors (Lipinski definition) is 1. The van der Waals surface area contributed by atoms with Gasteiger partial charge in [-0.1, -0.05) is 12.1 Å². The summed E-state index contributed by atoms with van der Waals surface area (Å²) in [5.74, 6) is -0.317. The van der Waals surface area contributed by atoms with Crippen LogP contribution in [0.15, 0.2) is 47.4 Å². The number of aromatic nitrogens is 3. The Morgan fingerprint density at radius 2 is 1.90 bits per heavy atom. The molecule has 3 rings (SSSR count). The van der Waals surface area contributed by atoms with Crippen molar-refractivity contribution in [1.82, 2.24) is 19.5 Å². The van der Waals surface area contributed by atoms with Gasteiger partial charge in [-0.2, -0.15) is 0 Å². The van der Waals surface area contributed by atoms with Crippen molar-refractivity contribution in [2.75, 3.05) is 7.11 Å². The molecule has 154 valence electrons. The second kappa shape index (κ2) is 7.86. The SMILES string of the molecule is COc1ccn2c(=O)n(CC(=O)N[C@@H](C)c3ccc(OC(F)(F)F)cc3)nc2c1. The van der Waals surface area contributed by atoms with Crippen LogP contribution in [0.5, 0.6) is 11.5 Å². The summed E-state index contributed by atoms with van der Waals surface area (Å²) in [5, 5.41) is 6.76. The molecule has 0 aliphatic carbocycles. The quantitative estimate of drug-likeness (QED) is 0.674. The lowest BCUT2D eigenvalue weighted by Gasteiger charge is -2.15. The van der Waals surface area contributed by atoms with Crippen LogP contribution in [0, 0.1) is 0 Å². The van der Waals surface area contributed by atoms with Gasteiger partial charge in [0.1, 0.15) is 18.0 Å². The molecule has 11 heteroatoms. The standard InChI is InChI=1S/C18H17F3N4O4/c1-11(12-3-5-13(6-4-12)29-18(19,20)21)22-16(26)10-25-17(27)24-8-7-14(28-2)9-15(24)23-25/h3-9,11H,10H2,1-2H3,(H,22,26)/t11-/m0/s1. The first-order valence-corrected chi connectivity index (χ1v) is 8.44. The van der Waals surface area contributed by atoms with Gasteiger partial charge >= 0.3 is 12.1 Å². The molecule has 8 nitrogen and oxygen atoms in total. The highest BCUT2D eigenvalue weighted by molar-refractivity contribution is 5.76. The Balaban J connectivity index is 1.66. The Morgan fingerprint density at radius 3 is 2.52 bits per heavy atom. The second-order valence-corrected chi connectivity index (χ2v) is 6.14. The van der Waals surface area contributed by atoms with E-state index in [1.807, 2.05) is 0 Å². The van der Waals surface area contributed by atoms with Crippen molar-refractivity contribution in [2.24, 2.45) is 0 Å². The van der Waals surface area contributed by atoms with E-state index in [2.05, 4.69) is 15.2 Å². The average Bonchev–Trinajstić information content (AvgIpc) is 2.95. The van der Waals surface area contributed by atoms with Crippen LogP contribution in [-0.4, -0.2) is 33.6 Å². The summed E-state index contributed by atoms with van der Waals surface area (Å²) in [7, 11) is 1.48. The first kappa shape index (κ1) is 20.2. The number of nitrogens with zero attached hydrogens (tertiary/aromatic N) is 3. The van der Waals surface area contributed by atoms with Gasteiger partial charge in [-0.25, -0.2) is 9.48 Å². The van der Waals surface area contributed by atoms with Crippen LogP contribution in [0.4, 0.5) is 13.2 Å². The Morgan fingerprint density at radius 1 is 1.21 bits per heavy atom. The number of hydrogen-bond acceptors (Lipinski definition) is 5. The second-order valence-electron chi connectivity index (χ2n) is 6.14. The van der Waals surface area contributed by atoms with E-state index in [0.717, 1.165) is 16.8 Å². The fourth-order valence-corrected chi connectivity index (χ4v) is 2.69. The van der Waals surface area contributed by atoms with Crippen molar-refractivity contribution >= 4 is 11.6 Å². The van der Waals surface area contributed by atoms with Crippen molar-refractivity contribution in [3.05, 3.63) is 58.6 Å². The number of amides is 1. The van der Waals surface area contributed by atoms with Crippen molar-refractivity contribution < 1.29 is 27.4 Å². The largest absolute Gasteiger partial charge is 0.573 e. The van der Waals surface area contributed by atoms with Crippen LogP contribution in [0.25, 0.3) is 5.65 Å². The molecule has 3 aromatic rings. The van der Waals surface area contributed by atoms with E-state index in [1.54, 1.807) is 19.1 Å². The van der Waals surface area contributed by atoms with E-state index in [9.17, 15) is 22.8 Å². The lowest BCUT2D eigenvalue weighted by Crippen LogP contribution is -2.34. The van der Waals surface area contributed by atoms with Gasteiger partial charge in [0.2, 0.25) is 5.91 Å². The number of rotatable bonds is 6. The molecule has 0 bridgehead atoms. The van der Waals surface area contributed by atoms with Crippen LogP contribution in [0.3, 0.4) is 0 Å². The molecule has 2 aromatic heterocycles.